The molecule has 0 atom stereocenters. The molecule has 6 heteroatoms. The first-order valence-corrected chi connectivity index (χ1v) is 8.84. The maximum Gasteiger partial charge on any atom is 0.257 e. The minimum absolute atomic E-state index is 0.0583. The van der Waals surface area contributed by atoms with Crippen LogP contribution in [0.5, 0.6) is 0 Å². The van der Waals surface area contributed by atoms with Gasteiger partial charge in [-0.25, -0.2) is 8.42 Å². The molecule has 0 unspecified atom stereocenters. The molecule has 22 heavy (non-hydrogen) atoms. The number of sulfone groups is 1. The van der Waals surface area contributed by atoms with Gasteiger partial charge in [-0.15, -0.1) is 0 Å². The molecule has 116 valence electrons. The highest BCUT2D eigenvalue weighted by atomic mass is 35.5. The van der Waals surface area contributed by atoms with Crippen LogP contribution in [0.3, 0.4) is 0 Å². The highest BCUT2D eigenvalue weighted by Crippen LogP contribution is 2.23. The standard InChI is InChI=1S/C16H16ClNO3S/c1-10-5-4-6-15(11(10)2)18-16(19)13-9-12(22(3,20)21)7-8-14(13)17/h4-9H,1-3H3,(H,18,19). The lowest BCUT2D eigenvalue weighted by atomic mass is 10.1. The van der Waals surface area contributed by atoms with Crippen molar-refractivity contribution in [1.82, 2.24) is 0 Å². The first-order chi connectivity index (χ1) is 10.2. The zero-order valence-electron chi connectivity index (χ0n) is 12.5. The van der Waals surface area contributed by atoms with Gasteiger partial charge in [-0.1, -0.05) is 23.7 Å². The lowest BCUT2D eigenvalue weighted by Gasteiger charge is -2.11. The van der Waals surface area contributed by atoms with Crippen LogP contribution in [0.15, 0.2) is 41.3 Å². The number of anilines is 1. The summed E-state index contributed by atoms with van der Waals surface area (Å²) in [5.74, 6) is -0.441. The molecule has 0 radical (unpaired) electrons. The van der Waals surface area contributed by atoms with Gasteiger partial charge in [0.1, 0.15) is 0 Å². The average Bonchev–Trinajstić information content (AvgIpc) is 2.43. The van der Waals surface area contributed by atoms with Crippen molar-refractivity contribution in [1.29, 1.82) is 0 Å². The second-order valence-electron chi connectivity index (χ2n) is 5.12. The fourth-order valence-corrected chi connectivity index (χ4v) is 2.84. The Morgan fingerprint density at radius 1 is 1.14 bits per heavy atom. The molecule has 0 saturated heterocycles. The number of benzene rings is 2. The van der Waals surface area contributed by atoms with E-state index in [1.807, 2.05) is 26.0 Å². The van der Waals surface area contributed by atoms with Crippen molar-refractivity contribution in [2.75, 3.05) is 11.6 Å². The van der Waals surface area contributed by atoms with E-state index in [1.54, 1.807) is 6.07 Å². The van der Waals surface area contributed by atoms with Crippen LogP contribution < -0.4 is 5.32 Å². The normalized spacial score (nSPS) is 11.3. The smallest absolute Gasteiger partial charge is 0.257 e. The minimum Gasteiger partial charge on any atom is -0.322 e. The Hall–Kier alpha value is -1.85. The molecule has 0 aliphatic heterocycles. The summed E-state index contributed by atoms with van der Waals surface area (Å²) in [6.45, 7) is 3.85. The van der Waals surface area contributed by atoms with E-state index in [0.717, 1.165) is 17.4 Å². The molecule has 0 bridgehead atoms. The van der Waals surface area contributed by atoms with E-state index in [2.05, 4.69) is 5.32 Å². The molecule has 0 heterocycles. The largest absolute Gasteiger partial charge is 0.322 e. The topological polar surface area (TPSA) is 63.2 Å². The maximum atomic E-state index is 12.4. The number of carbonyl (C=O) groups is 1. The molecule has 0 saturated carbocycles. The molecule has 1 amide bonds. The van der Waals surface area contributed by atoms with Crippen molar-refractivity contribution < 1.29 is 13.2 Å². The van der Waals surface area contributed by atoms with Crippen molar-refractivity contribution >= 4 is 33.0 Å². The third kappa shape index (κ3) is 3.48. The highest BCUT2D eigenvalue weighted by Gasteiger charge is 2.16. The summed E-state index contributed by atoms with van der Waals surface area (Å²) in [5.41, 5.74) is 2.80. The van der Waals surface area contributed by atoms with Crippen molar-refractivity contribution in [2.45, 2.75) is 18.7 Å². The van der Waals surface area contributed by atoms with Gasteiger partial charge in [-0.05, 0) is 49.2 Å². The van der Waals surface area contributed by atoms with Gasteiger partial charge in [0.05, 0.1) is 15.5 Å². The van der Waals surface area contributed by atoms with Crippen LogP contribution in [-0.4, -0.2) is 20.6 Å². The minimum atomic E-state index is -3.40. The summed E-state index contributed by atoms with van der Waals surface area (Å²) >= 11 is 6.02. The highest BCUT2D eigenvalue weighted by molar-refractivity contribution is 7.90. The van der Waals surface area contributed by atoms with Gasteiger partial charge >= 0.3 is 0 Å². The van der Waals surface area contributed by atoms with Gasteiger partial charge in [-0.2, -0.15) is 0 Å². The summed E-state index contributed by atoms with van der Waals surface area (Å²) < 4.78 is 23.2. The van der Waals surface area contributed by atoms with Crippen molar-refractivity contribution in [3.8, 4) is 0 Å². The molecule has 1 N–H and O–H groups in total. The van der Waals surface area contributed by atoms with Gasteiger partial charge in [0, 0.05) is 11.9 Å². The number of aryl methyl sites for hydroxylation is 1. The zero-order valence-corrected chi connectivity index (χ0v) is 14.0. The van der Waals surface area contributed by atoms with Gasteiger partial charge in [0.25, 0.3) is 5.91 Å². The average molecular weight is 338 g/mol. The first kappa shape index (κ1) is 16.5. The van der Waals surface area contributed by atoms with Crippen LogP contribution in [0.25, 0.3) is 0 Å². The molecular weight excluding hydrogens is 322 g/mol. The number of hydrogen-bond donors (Lipinski definition) is 1. The molecule has 2 rings (SSSR count). The van der Waals surface area contributed by atoms with E-state index in [0.29, 0.717) is 5.69 Å². The first-order valence-electron chi connectivity index (χ1n) is 6.57. The van der Waals surface area contributed by atoms with Gasteiger partial charge < -0.3 is 5.32 Å². The maximum absolute atomic E-state index is 12.4. The number of hydrogen-bond acceptors (Lipinski definition) is 3. The number of carbonyl (C=O) groups excluding carboxylic acids is 1. The number of amides is 1. The zero-order chi connectivity index (χ0) is 16.5. The number of rotatable bonds is 3. The Morgan fingerprint density at radius 3 is 2.45 bits per heavy atom. The van der Waals surface area contributed by atoms with E-state index in [4.69, 9.17) is 11.6 Å². The lowest BCUT2D eigenvalue weighted by Crippen LogP contribution is -2.14. The number of nitrogens with one attached hydrogen (secondary N) is 1. The Bertz CT molecular complexity index is 844. The summed E-state index contributed by atoms with van der Waals surface area (Å²) in [5, 5.41) is 2.97. The van der Waals surface area contributed by atoms with Crippen LogP contribution >= 0.6 is 11.6 Å². The molecule has 2 aromatic rings. The van der Waals surface area contributed by atoms with E-state index >= 15 is 0 Å². The summed E-state index contributed by atoms with van der Waals surface area (Å²) in [6.07, 6.45) is 1.09. The third-order valence-electron chi connectivity index (χ3n) is 3.46. The predicted molar refractivity (Wildman–Crippen MR) is 88.4 cm³/mol. The van der Waals surface area contributed by atoms with E-state index in [9.17, 15) is 13.2 Å². The second kappa shape index (κ2) is 6.10. The Morgan fingerprint density at radius 2 is 1.82 bits per heavy atom. The fraction of sp³-hybridized carbons (Fsp3) is 0.188. The molecule has 0 aliphatic rings. The van der Waals surface area contributed by atoms with Crippen molar-refractivity contribution in [2.24, 2.45) is 0 Å². The van der Waals surface area contributed by atoms with Crippen LogP contribution in [0.4, 0.5) is 5.69 Å². The molecule has 0 spiro atoms. The SMILES string of the molecule is Cc1cccc(NC(=O)c2cc(S(C)(=O)=O)ccc2Cl)c1C. The van der Waals surface area contributed by atoms with E-state index in [-0.39, 0.29) is 15.5 Å². The van der Waals surface area contributed by atoms with E-state index in [1.165, 1.54) is 18.2 Å². The van der Waals surface area contributed by atoms with E-state index < -0.39 is 15.7 Å². The molecular formula is C16H16ClNO3S. The van der Waals surface area contributed by atoms with Gasteiger partial charge in [0.2, 0.25) is 0 Å². The second-order valence-corrected chi connectivity index (χ2v) is 7.54. The van der Waals surface area contributed by atoms with Crippen LogP contribution in [0.2, 0.25) is 5.02 Å². The monoisotopic (exact) mass is 337 g/mol. The molecule has 0 aromatic heterocycles. The molecule has 0 aliphatic carbocycles. The summed E-state index contributed by atoms with van der Waals surface area (Å²) in [4.78, 5) is 12.4. The summed E-state index contributed by atoms with van der Waals surface area (Å²) in [7, 11) is -3.40. The number of halogens is 1. The summed E-state index contributed by atoms with van der Waals surface area (Å²) in [6, 6.07) is 9.66. The molecule has 0 fully saturated rings. The predicted octanol–water partition coefficient (Wildman–Crippen LogP) is 3.61. The van der Waals surface area contributed by atoms with Gasteiger partial charge in [-0.3, -0.25) is 4.79 Å². The van der Waals surface area contributed by atoms with Gasteiger partial charge in [0.15, 0.2) is 9.84 Å². The fourth-order valence-electron chi connectivity index (χ4n) is 1.99. The Kier molecular flexibility index (Phi) is 4.58. The van der Waals surface area contributed by atoms with Crippen LogP contribution in [0.1, 0.15) is 21.5 Å². The van der Waals surface area contributed by atoms with Crippen molar-refractivity contribution in [3.05, 3.63) is 58.1 Å². The Labute approximate surface area is 135 Å². The van der Waals surface area contributed by atoms with Crippen LogP contribution in [-0.2, 0) is 9.84 Å². The quantitative estimate of drug-likeness (QED) is 0.930. The lowest BCUT2D eigenvalue weighted by molar-refractivity contribution is 0.102. The molecule has 2 aromatic carbocycles. The Balaban J connectivity index is 2.40. The molecule has 4 nitrogen and oxygen atoms in total. The van der Waals surface area contributed by atoms with Crippen LogP contribution in [0, 0.1) is 13.8 Å². The third-order valence-corrected chi connectivity index (χ3v) is 4.90. The van der Waals surface area contributed by atoms with Crippen molar-refractivity contribution in [3.63, 3.8) is 0 Å².